The topological polar surface area (TPSA) is 67.7 Å². The van der Waals surface area contributed by atoms with Crippen molar-refractivity contribution in [1.82, 2.24) is 19.4 Å². The molecule has 138 valence electrons. The lowest BCUT2D eigenvalue weighted by atomic mass is 10.1. The second-order valence-corrected chi connectivity index (χ2v) is 7.11. The van der Waals surface area contributed by atoms with Crippen LogP contribution in [-0.2, 0) is 11.8 Å². The molecule has 26 heavy (non-hydrogen) atoms. The number of benzene rings is 1. The van der Waals surface area contributed by atoms with E-state index in [-0.39, 0.29) is 12.0 Å². The van der Waals surface area contributed by atoms with Gasteiger partial charge in [-0.1, -0.05) is 0 Å². The van der Waals surface area contributed by atoms with Crippen molar-refractivity contribution in [3.63, 3.8) is 0 Å². The Balaban J connectivity index is 1.53. The van der Waals surface area contributed by atoms with Crippen LogP contribution in [0.15, 0.2) is 18.2 Å². The first kappa shape index (κ1) is 16.9. The van der Waals surface area contributed by atoms with Crippen molar-refractivity contribution in [3.8, 4) is 0 Å². The van der Waals surface area contributed by atoms with Crippen LogP contribution in [0.1, 0.15) is 41.4 Å². The number of carbonyl (C=O) groups is 2. The van der Waals surface area contributed by atoms with Crippen LogP contribution < -0.4 is 0 Å². The number of ether oxygens (including phenoxy) is 1. The van der Waals surface area contributed by atoms with Gasteiger partial charge in [-0.15, -0.1) is 0 Å². The zero-order valence-corrected chi connectivity index (χ0v) is 15.3. The van der Waals surface area contributed by atoms with Gasteiger partial charge in [0, 0.05) is 44.7 Å². The zero-order chi connectivity index (χ0) is 18.3. The van der Waals surface area contributed by atoms with Gasteiger partial charge in [-0.2, -0.15) is 0 Å². The number of nitrogens with zero attached hydrogens (tertiary/aromatic N) is 4. The van der Waals surface area contributed by atoms with Gasteiger partial charge in [-0.3, -0.25) is 4.79 Å². The molecule has 0 N–H and O–H groups in total. The molecule has 0 spiro atoms. The van der Waals surface area contributed by atoms with Crippen molar-refractivity contribution in [2.24, 2.45) is 7.05 Å². The fourth-order valence-electron chi connectivity index (χ4n) is 3.67. The molecule has 2 fully saturated rings. The number of amides is 2. The molecule has 1 aromatic heterocycles. The van der Waals surface area contributed by atoms with Crippen LogP contribution in [-0.4, -0.2) is 64.6 Å². The maximum Gasteiger partial charge on any atom is 0.409 e. The second kappa shape index (κ2) is 6.63. The van der Waals surface area contributed by atoms with Gasteiger partial charge in [-0.25, -0.2) is 9.78 Å². The molecule has 2 amide bonds. The molecule has 2 heterocycles. The highest BCUT2D eigenvalue weighted by molar-refractivity contribution is 5.97. The van der Waals surface area contributed by atoms with Crippen LogP contribution in [0.25, 0.3) is 11.0 Å². The third-order valence-electron chi connectivity index (χ3n) is 5.32. The highest BCUT2D eigenvalue weighted by Crippen LogP contribution is 2.40. The predicted molar refractivity (Wildman–Crippen MR) is 97.2 cm³/mol. The number of imidazole rings is 1. The number of aryl methyl sites for hydroxylation is 1. The summed E-state index contributed by atoms with van der Waals surface area (Å²) in [6.07, 6.45) is 2.82. The minimum atomic E-state index is -0.332. The molecule has 4 rings (SSSR count). The molecule has 7 heteroatoms. The number of rotatable bonds is 2. The van der Waals surface area contributed by atoms with Gasteiger partial charge in [0.05, 0.1) is 18.1 Å². The van der Waals surface area contributed by atoms with Crippen molar-refractivity contribution in [3.05, 3.63) is 29.6 Å². The third kappa shape index (κ3) is 3.02. The first-order chi connectivity index (χ1) is 12.6. The first-order valence-corrected chi connectivity index (χ1v) is 9.17. The Morgan fingerprint density at radius 2 is 1.85 bits per heavy atom. The quantitative estimate of drug-likeness (QED) is 0.828. The number of aromatic nitrogens is 2. The molecule has 0 unspecified atom stereocenters. The summed E-state index contributed by atoms with van der Waals surface area (Å²) in [7, 11) is 3.43. The van der Waals surface area contributed by atoms with Crippen LogP contribution in [0.3, 0.4) is 0 Å². The van der Waals surface area contributed by atoms with E-state index in [1.54, 1.807) is 4.90 Å². The van der Waals surface area contributed by atoms with Crippen molar-refractivity contribution >= 4 is 23.0 Å². The van der Waals surface area contributed by atoms with Crippen LogP contribution >= 0.6 is 0 Å². The van der Waals surface area contributed by atoms with Crippen LogP contribution in [0.5, 0.6) is 0 Å². The van der Waals surface area contributed by atoms with Gasteiger partial charge >= 0.3 is 6.09 Å². The Hall–Kier alpha value is -2.57. The van der Waals surface area contributed by atoms with E-state index >= 15 is 0 Å². The normalized spacial score (nSPS) is 18.1. The van der Waals surface area contributed by atoms with Gasteiger partial charge in [0.2, 0.25) is 0 Å². The molecule has 0 radical (unpaired) electrons. The highest BCUT2D eigenvalue weighted by Gasteiger charge is 2.29. The summed E-state index contributed by atoms with van der Waals surface area (Å²) in [5.41, 5.74) is 2.60. The van der Waals surface area contributed by atoms with Gasteiger partial charge in [-0.05, 0) is 37.5 Å². The average Bonchev–Trinajstić information content (AvgIpc) is 3.47. The summed E-state index contributed by atoms with van der Waals surface area (Å²) in [6.45, 7) is 2.26. The van der Waals surface area contributed by atoms with E-state index in [0.29, 0.717) is 37.7 Å². The van der Waals surface area contributed by atoms with E-state index in [9.17, 15) is 9.59 Å². The number of hydrogen-bond acceptors (Lipinski definition) is 4. The molecule has 0 atom stereocenters. The summed E-state index contributed by atoms with van der Waals surface area (Å²) >= 11 is 0. The Labute approximate surface area is 152 Å². The third-order valence-corrected chi connectivity index (χ3v) is 5.32. The van der Waals surface area contributed by atoms with Crippen LogP contribution in [0, 0.1) is 0 Å². The van der Waals surface area contributed by atoms with E-state index < -0.39 is 0 Å². The van der Waals surface area contributed by atoms with Crippen molar-refractivity contribution in [1.29, 1.82) is 0 Å². The first-order valence-electron chi connectivity index (χ1n) is 9.17. The van der Waals surface area contributed by atoms with E-state index in [1.807, 2.05) is 30.1 Å². The molecule has 0 bridgehead atoms. The minimum absolute atomic E-state index is 0.00255. The molecular formula is C19H24N4O3. The van der Waals surface area contributed by atoms with Crippen molar-refractivity contribution in [2.45, 2.75) is 25.2 Å². The lowest BCUT2D eigenvalue weighted by molar-refractivity contribution is 0.0757. The molecule has 1 aromatic carbocycles. The number of hydrogen-bond donors (Lipinski definition) is 0. The number of fused-ring (bicyclic) bond motifs is 1. The molecule has 2 aromatic rings. The standard InChI is InChI=1S/C19H24N4O3/c1-21-16-7-6-14(12-15(16)20-17(21)13-4-5-13)18(24)22-8-3-9-23(11-10-22)19(25)26-2/h6-7,12-13H,3-5,8-11H2,1-2H3. The summed E-state index contributed by atoms with van der Waals surface area (Å²) in [5.74, 6) is 1.69. The van der Waals surface area contributed by atoms with E-state index in [4.69, 9.17) is 9.72 Å². The number of carbonyl (C=O) groups excluding carboxylic acids is 2. The smallest absolute Gasteiger partial charge is 0.409 e. The lowest BCUT2D eigenvalue weighted by Crippen LogP contribution is -2.37. The second-order valence-electron chi connectivity index (χ2n) is 7.11. The fraction of sp³-hybridized carbons (Fsp3) is 0.526. The summed E-state index contributed by atoms with van der Waals surface area (Å²) < 4.78 is 6.92. The Kier molecular flexibility index (Phi) is 4.30. The Morgan fingerprint density at radius 1 is 1.12 bits per heavy atom. The highest BCUT2D eigenvalue weighted by atomic mass is 16.5. The Morgan fingerprint density at radius 3 is 2.58 bits per heavy atom. The average molecular weight is 356 g/mol. The van der Waals surface area contributed by atoms with E-state index in [1.165, 1.54) is 20.0 Å². The summed E-state index contributed by atoms with van der Waals surface area (Å²) in [5, 5.41) is 0. The maximum absolute atomic E-state index is 12.9. The van der Waals surface area contributed by atoms with E-state index in [0.717, 1.165) is 23.3 Å². The lowest BCUT2D eigenvalue weighted by Gasteiger charge is -2.21. The molecular weight excluding hydrogens is 332 g/mol. The van der Waals surface area contributed by atoms with Gasteiger partial charge in [0.1, 0.15) is 5.82 Å². The van der Waals surface area contributed by atoms with Crippen molar-refractivity contribution in [2.75, 3.05) is 33.3 Å². The van der Waals surface area contributed by atoms with Crippen LogP contribution in [0.2, 0.25) is 0 Å². The zero-order valence-electron chi connectivity index (χ0n) is 15.3. The largest absolute Gasteiger partial charge is 0.453 e. The maximum atomic E-state index is 12.9. The molecule has 1 aliphatic heterocycles. The molecule has 1 saturated heterocycles. The predicted octanol–water partition coefficient (Wildman–Crippen LogP) is 2.37. The van der Waals surface area contributed by atoms with Gasteiger partial charge in [0.15, 0.2) is 0 Å². The van der Waals surface area contributed by atoms with Gasteiger partial charge < -0.3 is 19.1 Å². The monoisotopic (exact) mass is 356 g/mol. The van der Waals surface area contributed by atoms with Crippen LogP contribution in [0.4, 0.5) is 4.79 Å². The SMILES string of the molecule is COC(=O)N1CCCN(C(=O)c2ccc3c(c2)nc(C2CC2)n3C)CC1. The van der Waals surface area contributed by atoms with Crippen molar-refractivity contribution < 1.29 is 14.3 Å². The Bertz CT molecular complexity index is 856. The molecule has 7 nitrogen and oxygen atoms in total. The fourth-order valence-corrected chi connectivity index (χ4v) is 3.67. The summed E-state index contributed by atoms with van der Waals surface area (Å²) in [6, 6.07) is 5.76. The molecule has 1 saturated carbocycles. The van der Waals surface area contributed by atoms with E-state index in [2.05, 4.69) is 4.57 Å². The molecule has 2 aliphatic rings. The molecule has 1 aliphatic carbocycles. The summed E-state index contributed by atoms with van der Waals surface area (Å²) in [4.78, 5) is 32.8. The minimum Gasteiger partial charge on any atom is -0.453 e. The van der Waals surface area contributed by atoms with Gasteiger partial charge in [0.25, 0.3) is 5.91 Å². The number of methoxy groups -OCH3 is 1.